The van der Waals surface area contributed by atoms with Crippen molar-refractivity contribution in [1.29, 1.82) is 0 Å². The van der Waals surface area contributed by atoms with Crippen LogP contribution in [0.3, 0.4) is 0 Å². The maximum absolute atomic E-state index is 4.81. The summed E-state index contributed by atoms with van der Waals surface area (Å²) < 4.78 is 1.77. The van der Waals surface area contributed by atoms with E-state index >= 15 is 0 Å². The van der Waals surface area contributed by atoms with Crippen molar-refractivity contribution in [3.63, 3.8) is 0 Å². The van der Waals surface area contributed by atoms with E-state index in [1.807, 2.05) is 37.5 Å². The summed E-state index contributed by atoms with van der Waals surface area (Å²) in [6.07, 6.45) is 7.08. The van der Waals surface area contributed by atoms with E-state index < -0.39 is 0 Å². The van der Waals surface area contributed by atoms with E-state index in [-0.39, 0.29) is 0 Å². The third-order valence-electron chi connectivity index (χ3n) is 5.25. The number of likely N-dealkylation sites (N-methyl/N-ethyl adjacent to an activating group) is 1. The first kappa shape index (κ1) is 17.6. The van der Waals surface area contributed by atoms with Gasteiger partial charge in [0.05, 0.1) is 11.4 Å². The minimum Gasteiger partial charge on any atom is -0.338 e. The number of nitrogens with zero attached hydrogens (tertiary/aromatic N) is 9. The molecule has 0 N–H and O–H groups in total. The molecule has 1 aliphatic heterocycles. The van der Waals surface area contributed by atoms with Gasteiger partial charge in [0.15, 0.2) is 5.82 Å². The van der Waals surface area contributed by atoms with Gasteiger partial charge < -0.3 is 9.80 Å². The minimum atomic E-state index is 0.561. The van der Waals surface area contributed by atoms with Gasteiger partial charge >= 0.3 is 0 Å². The Morgan fingerprint density at radius 1 is 0.897 bits per heavy atom. The number of anilines is 1. The first-order valence-electron chi connectivity index (χ1n) is 9.59. The van der Waals surface area contributed by atoms with Gasteiger partial charge in [-0.05, 0) is 32.2 Å². The van der Waals surface area contributed by atoms with Crippen molar-refractivity contribution < 1.29 is 0 Å². The van der Waals surface area contributed by atoms with Gasteiger partial charge in [0, 0.05) is 62.1 Å². The third-order valence-corrected chi connectivity index (χ3v) is 5.25. The molecule has 0 saturated carbocycles. The highest BCUT2D eigenvalue weighted by Crippen LogP contribution is 2.24. The van der Waals surface area contributed by atoms with Gasteiger partial charge in [-0.25, -0.2) is 19.5 Å². The Labute approximate surface area is 168 Å². The van der Waals surface area contributed by atoms with Crippen LogP contribution in [0.15, 0.2) is 43.0 Å². The lowest BCUT2D eigenvalue weighted by Gasteiger charge is -2.32. The molecule has 0 aliphatic carbocycles. The van der Waals surface area contributed by atoms with E-state index in [2.05, 4.69) is 41.9 Å². The van der Waals surface area contributed by atoms with Gasteiger partial charge in [0.25, 0.3) is 5.78 Å². The molecule has 1 aliphatic rings. The molecule has 5 rings (SSSR count). The first-order chi connectivity index (χ1) is 14.2. The average Bonchev–Trinajstić information content (AvgIpc) is 3.21. The second-order valence-electron chi connectivity index (χ2n) is 7.17. The fraction of sp³-hybridized carbons (Fsp3) is 0.300. The summed E-state index contributed by atoms with van der Waals surface area (Å²) in [4.78, 5) is 26.9. The summed E-state index contributed by atoms with van der Waals surface area (Å²) in [6, 6.07) is 5.69. The molecule has 29 heavy (non-hydrogen) atoms. The molecule has 4 aromatic heterocycles. The molecule has 9 nitrogen and oxygen atoms in total. The Morgan fingerprint density at radius 3 is 2.48 bits per heavy atom. The molecule has 0 radical (unpaired) electrons. The summed E-state index contributed by atoms with van der Waals surface area (Å²) in [6.45, 7) is 5.88. The summed E-state index contributed by atoms with van der Waals surface area (Å²) in [5, 5.41) is 4.65. The summed E-state index contributed by atoms with van der Waals surface area (Å²) in [7, 11) is 2.14. The Balaban J connectivity index is 1.52. The molecule has 9 heteroatoms. The van der Waals surface area contributed by atoms with Crippen molar-refractivity contribution in [3.8, 4) is 22.6 Å². The fourth-order valence-electron chi connectivity index (χ4n) is 3.47. The van der Waals surface area contributed by atoms with Gasteiger partial charge in [-0.3, -0.25) is 4.98 Å². The molecule has 5 heterocycles. The Hall–Kier alpha value is -3.46. The van der Waals surface area contributed by atoms with Crippen molar-refractivity contribution in [2.24, 2.45) is 0 Å². The van der Waals surface area contributed by atoms with Crippen LogP contribution in [0.4, 0.5) is 5.95 Å². The van der Waals surface area contributed by atoms with Gasteiger partial charge in [0.1, 0.15) is 0 Å². The Kier molecular flexibility index (Phi) is 4.36. The number of pyridine rings is 1. The predicted octanol–water partition coefficient (Wildman–Crippen LogP) is 1.70. The zero-order valence-corrected chi connectivity index (χ0v) is 16.4. The number of hydrogen-bond acceptors (Lipinski definition) is 8. The maximum atomic E-state index is 4.81. The topological polar surface area (TPSA) is 88.2 Å². The molecule has 4 aromatic rings. The molecule has 0 bridgehead atoms. The normalized spacial score (nSPS) is 15.2. The number of hydrogen-bond donors (Lipinski definition) is 0. The molecule has 146 valence electrons. The highest BCUT2D eigenvalue weighted by atomic mass is 15.3. The van der Waals surface area contributed by atoms with Crippen molar-refractivity contribution in [2.75, 3.05) is 38.1 Å². The van der Waals surface area contributed by atoms with E-state index in [1.165, 1.54) is 0 Å². The monoisotopic (exact) mass is 387 g/mol. The SMILES string of the molecule is Cc1c(-c2ccnc(N3CCN(C)CC3)n2)cnc2nc(-c3ccncc3)nn12. The lowest BCUT2D eigenvalue weighted by molar-refractivity contribution is 0.311. The second-order valence-corrected chi connectivity index (χ2v) is 7.17. The second kappa shape index (κ2) is 7.17. The molecule has 0 atom stereocenters. The van der Waals surface area contributed by atoms with Crippen LogP contribution in [0, 0.1) is 6.92 Å². The molecular formula is C20H21N9. The number of rotatable bonds is 3. The van der Waals surface area contributed by atoms with Crippen molar-refractivity contribution in [3.05, 3.63) is 48.7 Å². The first-order valence-corrected chi connectivity index (χ1v) is 9.59. The summed E-state index contributed by atoms with van der Waals surface area (Å²) in [5.41, 5.74) is 3.60. The van der Waals surface area contributed by atoms with E-state index in [0.29, 0.717) is 11.6 Å². The molecule has 0 aromatic carbocycles. The van der Waals surface area contributed by atoms with Crippen LogP contribution in [-0.2, 0) is 0 Å². The van der Waals surface area contributed by atoms with Crippen LogP contribution in [0.5, 0.6) is 0 Å². The van der Waals surface area contributed by atoms with Crippen LogP contribution < -0.4 is 4.90 Å². The summed E-state index contributed by atoms with van der Waals surface area (Å²) in [5.74, 6) is 1.94. The van der Waals surface area contributed by atoms with E-state index in [4.69, 9.17) is 4.98 Å². The van der Waals surface area contributed by atoms with Crippen molar-refractivity contribution in [2.45, 2.75) is 6.92 Å². The standard InChI is InChI=1S/C20H21N9/c1-14-16(17-5-8-22-19(24-17)28-11-9-27(2)10-12-28)13-23-20-25-18(26-29(14)20)15-3-6-21-7-4-15/h3-8,13H,9-12H2,1-2H3. The van der Waals surface area contributed by atoms with Crippen LogP contribution in [-0.4, -0.2) is 72.7 Å². The molecule has 1 fully saturated rings. The quantitative estimate of drug-likeness (QED) is 0.525. The maximum Gasteiger partial charge on any atom is 0.252 e. The molecule has 0 spiro atoms. The van der Waals surface area contributed by atoms with Gasteiger partial charge in [-0.15, -0.1) is 5.10 Å². The van der Waals surface area contributed by atoms with Gasteiger partial charge in [-0.2, -0.15) is 4.98 Å². The van der Waals surface area contributed by atoms with E-state index in [9.17, 15) is 0 Å². The number of aryl methyl sites for hydroxylation is 1. The van der Waals surface area contributed by atoms with E-state index in [1.54, 1.807) is 16.9 Å². The number of piperazine rings is 1. The highest BCUT2D eigenvalue weighted by Gasteiger charge is 2.18. The van der Waals surface area contributed by atoms with Crippen molar-refractivity contribution in [1.82, 2.24) is 39.4 Å². The molecule has 0 unspecified atom stereocenters. The van der Waals surface area contributed by atoms with Crippen LogP contribution in [0.25, 0.3) is 28.4 Å². The average molecular weight is 387 g/mol. The largest absolute Gasteiger partial charge is 0.338 e. The molecule has 0 amide bonds. The van der Waals surface area contributed by atoms with Crippen LogP contribution >= 0.6 is 0 Å². The molecule has 1 saturated heterocycles. The predicted molar refractivity (Wildman–Crippen MR) is 109 cm³/mol. The Morgan fingerprint density at radius 2 is 1.69 bits per heavy atom. The smallest absolute Gasteiger partial charge is 0.252 e. The number of aromatic nitrogens is 7. The zero-order chi connectivity index (χ0) is 19.8. The fourth-order valence-corrected chi connectivity index (χ4v) is 3.47. The summed E-state index contributed by atoms with van der Waals surface area (Å²) >= 11 is 0. The highest BCUT2D eigenvalue weighted by molar-refractivity contribution is 5.64. The lowest BCUT2D eigenvalue weighted by Crippen LogP contribution is -2.45. The Bertz CT molecular complexity index is 1150. The lowest BCUT2D eigenvalue weighted by atomic mass is 10.2. The van der Waals surface area contributed by atoms with Gasteiger partial charge in [-0.1, -0.05) is 0 Å². The number of fused-ring (bicyclic) bond motifs is 1. The van der Waals surface area contributed by atoms with Gasteiger partial charge in [0.2, 0.25) is 5.95 Å². The zero-order valence-electron chi connectivity index (χ0n) is 16.4. The molecular weight excluding hydrogens is 366 g/mol. The van der Waals surface area contributed by atoms with E-state index in [0.717, 1.165) is 54.6 Å². The minimum absolute atomic E-state index is 0.561. The van der Waals surface area contributed by atoms with Crippen LogP contribution in [0.1, 0.15) is 5.69 Å². The van der Waals surface area contributed by atoms with Crippen molar-refractivity contribution >= 4 is 11.7 Å². The van der Waals surface area contributed by atoms with Crippen LogP contribution in [0.2, 0.25) is 0 Å². The third kappa shape index (κ3) is 3.29.